The summed E-state index contributed by atoms with van der Waals surface area (Å²) >= 11 is 3.41. The van der Waals surface area contributed by atoms with Gasteiger partial charge in [0.1, 0.15) is 5.75 Å². The van der Waals surface area contributed by atoms with E-state index < -0.39 is 0 Å². The smallest absolute Gasteiger partial charge is 0.194 e. The van der Waals surface area contributed by atoms with E-state index in [4.69, 9.17) is 4.74 Å². The van der Waals surface area contributed by atoms with Crippen molar-refractivity contribution >= 4 is 32.5 Å². The van der Waals surface area contributed by atoms with Gasteiger partial charge in [-0.1, -0.05) is 40.2 Å². The zero-order valence-corrected chi connectivity index (χ0v) is 14.0. The maximum atomic E-state index is 12.8. The highest BCUT2D eigenvalue weighted by Crippen LogP contribution is 2.40. The predicted octanol–water partition coefficient (Wildman–Crippen LogP) is 4.61. The fourth-order valence-corrected chi connectivity index (χ4v) is 3.29. The van der Waals surface area contributed by atoms with Crippen LogP contribution in [0.3, 0.4) is 0 Å². The molecule has 0 bridgehead atoms. The minimum absolute atomic E-state index is 0.0538. The quantitative estimate of drug-likeness (QED) is 0.390. The molecule has 1 aromatic heterocycles. The summed E-state index contributed by atoms with van der Waals surface area (Å²) in [5.74, 6) is 0.860. The van der Waals surface area contributed by atoms with Crippen molar-refractivity contribution in [3.63, 3.8) is 0 Å². The van der Waals surface area contributed by atoms with Crippen molar-refractivity contribution in [2.45, 2.75) is 6.42 Å². The molecule has 114 valence electrons. The van der Waals surface area contributed by atoms with Crippen molar-refractivity contribution in [3.05, 3.63) is 59.8 Å². The van der Waals surface area contributed by atoms with E-state index in [1.807, 2.05) is 42.5 Å². The zero-order chi connectivity index (χ0) is 15.8. The number of hydrogen-bond donors (Lipinski definition) is 0. The van der Waals surface area contributed by atoms with E-state index in [9.17, 15) is 4.79 Å². The van der Waals surface area contributed by atoms with Crippen molar-refractivity contribution in [2.24, 2.45) is 0 Å². The van der Waals surface area contributed by atoms with Crippen LogP contribution >= 0.6 is 15.9 Å². The number of pyridine rings is 1. The molecule has 0 unspecified atom stereocenters. The normalized spacial score (nSPS) is 12.3. The van der Waals surface area contributed by atoms with Gasteiger partial charge < -0.3 is 4.74 Å². The number of carbonyl (C=O) groups excluding carboxylic acids is 1. The van der Waals surface area contributed by atoms with E-state index in [0.717, 1.165) is 39.5 Å². The standard InChI is InChI=1S/C19H14BrNO2/c20-9-3-11-23-16-7-6-15-17-14(16)8-10-21-18(17)12-4-1-2-5-13(12)19(15)22/h1-2,4-8,10H,3,9,11H2. The average Bonchev–Trinajstić information content (AvgIpc) is 2.60. The summed E-state index contributed by atoms with van der Waals surface area (Å²) in [5.41, 5.74) is 3.18. The maximum absolute atomic E-state index is 12.8. The SMILES string of the molecule is O=C1c2ccccc2-c2nccc3c(OCCCBr)ccc1c23. The van der Waals surface area contributed by atoms with Gasteiger partial charge in [-0.05, 0) is 24.6 Å². The Labute approximate surface area is 142 Å². The molecule has 0 saturated carbocycles. The second kappa shape index (κ2) is 5.78. The third kappa shape index (κ3) is 2.25. The fraction of sp³-hybridized carbons (Fsp3) is 0.158. The first kappa shape index (κ1) is 14.4. The number of alkyl halides is 1. The molecular formula is C19H14BrNO2. The first-order valence-corrected chi connectivity index (χ1v) is 8.68. The lowest BCUT2D eigenvalue weighted by atomic mass is 9.85. The third-order valence-corrected chi connectivity index (χ3v) is 4.65. The molecule has 1 aliphatic carbocycles. The number of carbonyl (C=O) groups is 1. The molecule has 2 aromatic carbocycles. The molecule has 1 aliphatic rings. The Bertz CT molecular complexity index is 920. The van der Waals surface area contributed by atoms with Crippen molar-refractivity contribution in [1.29, 1.82) is 0 Å². The van der Waals surface area contributed by atoms with Crippen LogP contribution in [0, 0.1) is 0 Å². The van der Waals surface area contributed by atoms with Gasteiger partial charge in [-0.25, -0.2) is 0 Å². The van der Waals surface area contributed by atoms with E-state index in [0.29, 0.717) is 17.7 Å². The van der Waals surface area contributed by atoms with Crippen LogP contribution in [-0.2, 0) is 0 Å². The Hall–Kier alpha value is -2.20. The summed E-state index contributed by atoms with van der Waals surface area (Å²) in [7, 11) is 0. The Morgan fingerprint density at radius 2 is 1.83 bits per heavy atom. The summed E-state index contributed by atoms with van der Waals surface area (Å²) in [4.78, 5) is 17.3. The van der Waals surface area contributed by atoms with Gasteiger partial charge in [0.15, 0.2) is 5.78 Å². The fourth-order valence-electron chi connectivity index (χ4n) is 3.06. The van der Waals surface area contributed by atoms with Gasteiger partial charge in [0.2, 0.25) is 0 Å². The number of ketones is 1. The Kier molecular flexibility index (Phi) is 3.62. The second-order valence-electron chi connectivity index (χ2n) is 5.46. The Morgan fingerprint density at radius 3 is 2.65 bits per heavy atom. The van der Waals surface area contributed by atoms with Crippen LogP contribution in [0.2, 0.25) is 0 Å². The van der Waals surface area contributed by atoms with Gasteiger partial charge in [-0.15, -0.1) is 0 Å². The molecule has 4 rings (SSSR count). The lowest BCUT2D eigenvalue weighted by Gasteiger charge is -2.20. The summed E-state index contributed by atoms with van der Waals surface area (Å²) in [6.07, 6.45) is 2.72. The van der Waals surface area contributed by atoms with E-state index >= 15 is 0 Å². The number of fused-ring (bicyclic) bond motifs is 2. The highest BCUT2D eigenvalue weighted by molar-refractivity contribution is 9.09. The molecular weight excluding hydrogens is 354 g/mol. The largest absolute Gasteiger partial charge is 0.493 e. The first-order valence-electron chi connectivity index (χ1n) is 7.56. The molecule has 0 fully saturated rings. The number of nitrogens with zero attached hydrogens (tertiary/aromatic N) is 1. The van der Waals surface area contributed by atoms with Crippen LogP contribution < -0.4 is 4.74 Å². The monoisotopic (exact) mass is 367 g/mol. The van der Waals surface area contributed by atoms with Crippen molar-refractivity contribution in [3.8, 4) is 17.0 Å². The minimum Gasteiger partial charge on any atom is -0.493 e. The van der Waals surface area contributed by atoms with Crippen molar-refractivity contribution in [1.82, 2.24) is 4.98 Å². The molecule has 4 heteroatoms. The minimum atomic E-state index is 0.0538. The Balaban J connectivity index is 1.96. The molecule has 0 spiro atoms. The molecule has 0 atom stereocenters. The van der Waals surface area contributed by atoms with Crippen LogP contribution in [0.4, 0.5) is 0 Å². The number of aromatic nitrogens is 1. The number of hydrogen-bond acceptors (Lipinski definition) is 3. The van der Waals surface area contributed by atoms with Gasteiger partial charge in [0.05, 0.1) is 12.3 Å². The lowest BCUT2D eigenvalue weighted by Crippen LogP contribution is -2.11. The molecule has 23 heavy (non-hydrogen) atoms. The molecule has 1 heterocycles. The number of rotatable bonds is 4. The van der Waals surface area contributed by atoms with Crippen LogP contribution in [0.1, 0.15) is 22.3 Å². The summed E-state index contributed by atoms with van der Waals surface area (Å²) < 4.78 is 5.89. The van der Waals surface area contributed by atoms with E-state index in [2.05, 4.69) is 20.9 Å². The number of halogens is 1. The molecule has 3 nitrogen and oxygen atoms in total. The topological polar surface area (TPSA) is 39.2 Å². The van der Waals surface area contributed by atoms with Gasteiger partial charge in [0, 0.05) is 39.0 Å². The second-order valence-corrected chi connectivity index (χ2v) is 6.25. The van der Waals surface area contributed by atoms with Crippen molar-refractivity contribution in [2.75, 3.05) is 11.9 Å². The van der Waals surface area contributed by atoms with E-state index in [1.54, 1.807) is 6.20 Å². The first-order chi connectivity index (χ1) is 11.3. The molecule has 0 N–H and O–H groups in total. The van der Waals surface area contributed by atoms with E-state index in [1.165, 1.54) is 0 Å². The Morgan fingerprint density at radius 1 is 1.00 bits per heavy atom. The lowest BCUT2D eigenvalue weighted by molar-refractivity contribution is 0.104. The zero-order valence-electron chi connectivity index (χ0n) is 12.4. The molecule has 3 aromatic rings. The maximum Gasteiger partial charge on any atom is 0.194 e. The van der Waals surface area contributed by atoms with Gasteiger partial charge in [-0.2, -0.15) is 0 Å². The van der Waals surface area contributed by atoms with Crippen LogP contribution in [0.5, 0.6) is 5.75 Å². The van der Waals surface area contributed by atoms with Gasteiger partial charge in [-0.3, -0.25) is 9.78 Å². The summed E-state index contributed by atoms with van der Waals surface area (Å²) in [6.45, 7) is 0.641. The highest BCUT2D eigenvalue weighted by atomic mass is 79.9. The molecule has 0 amide bonds. The average molecular weight is 368 g/mol. The van der Waals surface area contributed by atoms with Crippen molar-refractivity contribution < 1.29 is 9.53 Å². The summed E-state index contributed by atoms with van der Waals surface area (Å²) in [5, 5.41) is 2.75. The highest BCUT2D eigenvalue weighted by Gasteiger charge is 2.26. The number of ether oxygens (including phenoxy) is 1. The predicted molar refractivity (Wildman–Crippen MR) is 94.5 cm³/mol. The van der Waals surface area contributed by atoms with Gasteiger partial charge >= 0.3 is 0 Å². The van der Waals surface area contributed by atoms with Crippen LogP contribution in [0.25, 0.3) is 22.0 Å². The third-order valence-electron chi connectivity index (χ3n) is 4.09. The van der Waals surface area contributed by atoms with Gasteiger partial charge in [0.25, 0.3) is 0 Å². The molecule has 0 radical (unpaired) electrons. The van der Waals surface area contributed by atoms with Crippen LogP contribution in [-0.4, -0.2) is 22.7 Å². The van der Waals surface area contributed by atoms with E-state index in [-0.39, 0.29) is 5.78 Å². The molecule has 0 aliphatic heterocycles. The molecule has 0 saturated heterocycles. The number of benzene rings is 2. The van der Waals surface area contributed by atoms with Crippen LogP contribution in [0.15, 0.2) is 48.7 Å². The summed E-state index contributed by atoms with van der Waals surface area (Å²) in [6, 6.07) is 13.3.